The number of halogens is 3. The molecular weight excluding hydrogens is 289 g/mol. The largest absolute Gasteiger partial charge is 0.433 e. The molecule has 1 aromatic rings. The van der Waals surface area contributed by atoms with E-state index in [4.69, 9.17) is 5.73 Å². The molecule has 1 amide bonds. The van der Waals surface area contributed by atoms with E-state index < -0.39 is 17.8 Å². The van der Waals surface area contributed by atoms with Gasteiger partial charge in [-0.25, -0.2) is 4.98 Å². The van der Waals surface area contributed by atoms with Gasteiger partial charge in [0.25, 0.3) is 5.91 Å². The summed E-state index contributed by atoms with van der Waals surface area (Å²) < 4.78 is 38.0. The normalized spacial score (nSPS) is 16.6. The lowest BCUT2D eigenvalue weighted by molar-refractivity contribution is -0.141. The summed E-state index contributed by atoms with van der Waals surface area (Å²) in [6.07, 6.45) is -0.0393. The zero-order chi connectivity index (χ0) is 14.8. The minimum atomic E-state index is -4.52. The van der Waals surface area contributed by atoms with Gasteiger partial charge in [-0.15, -0.1) is 11.8 Å². The Kier molecular flexibility index (Phi) is 4.57. The number of rotatable bonds is 4. The highest BCUT2D eigenvalue weighted by atomic mass is 32.2. The molecule has 3 nitrogen and oxygen atoms in total. The van der Waals surface area contributed by atoms with Crippen LogP contribution in [0.15, 0.2) is 17.2 Å². The molecule has 1 saturated carbocycles. The van der Waals surface area contributed by atoms with Gasteiger partial charge in [-0.3, -0.25) is 4.79 Å². The monoisotopic (exact) mass is 304 g/mol. The highest BCUT2D eigenvalue weighted by Gasteiger charge is 2.33. The number of thioether (sulfide) groups is 1. The van der Waals surface area contributed by atoms with Crippen molar-refractivity contribution < 1.29 is 18.0 Å². The molecule has 1 fully saturated rings. The van der Waals surface area contributed by atoms with Crippen LogP contribution in [0.4, 0.5) is 13.2 Å². The van der Waals surface area contributed by atoms with Gasteiger partial charge in [0.1, 0.15) is 10.7 Å². The fourth-order valence-electron chi connectivity index (χ4n) is 2.27. The van der Waals surface area contributed by atoms with E-state index >= 15 is 0 Å². The Morgan fingerprint density at radius 2 is 2.00 bits per heavy atom. The van der Waals surface area contributed by atoms with Crippen LogP contribution in [0.3, 0.4) is 0 Å². The lowest BCUT2D eigenvalue weighted by Crippen LogP contribution is -2.16. The second-order valence-electron chi connectivity index (χ2n) is 4.87. The minimum absolute atomic E-state index is 0.0565. The van der Waals surface area contributed by atoms with Crippen LogP contribution >= 0.6 is 11.8 Å². The van der Waals surface area contributed by atoms with Gasteiger partial charge in [0.05, 0.1) is 5.56 Å². The Hall–Kier alpha value is -1.24. The Morgan fingerprint density at radius 1 is 1.35 bits per heavy atom. The van der Waals surface area contributed by atoms with Crippen LogP contribution in [0.5, 0.6) is 0 Å². The van der Waals surface area contributed by atoms with Crippen molar-refractivity contribution in [2.75, 3.05) is 5.75 Å². The predicted molar refractivity (Wildman–Crippen MR) is 70.4 cm³/mol. The molecule has 110 valence electrons. The van der Waals surface area contributed by atoms with Crippen LogP contribution in [0.25, 0.3) is 0 Å². The van der Waals surface area contributed by atoms with E-state index in [0.29, 0.717) is 11.7 Å². The Bertz CT molecular complexity index is 499. The minimum Gasteiger partial charge on any atom is -0.366 e. The lowest BCUT2D eigenvalue weighted by atomic mass is 10.1. The maximum Gasteiger partial charge on any atom is 0.433 e. The molecule has 1 aliphatic rings. The van der Waals surface area contributed by atoms with E-state index in [-0.39, 0.29) is 10.6 Å². The number of hydrogen-bond acceptors (Lipinski definition) is 3. The summed E-state index contributed by atoms with van der Waals surface area (Å²) in [6.45, 7) is 0. The number of carbonyl (C=O) groups excluding carboxylic acids is 1. The fraction of sp³-hybridized carbons (Fsp3) is 0.538. The van der Waals surface area contributed by atoms with E-state index in [1.165, 1.54) is 11.8 Å². The van der Waals surface area contributed by atoms with Crippen molar-refractivity contribution in [3.63, 3.8) is 0 Å². The number of nitrogens with two attached hydrogens (primary N) is 1. The molecule has 2 N–H and O–H groups in total. The van der Waals surface area contributed by atoms with Crippen LogP contribution in [0.2, 0.25) is 0 Å². The van der Waals surface area contributed by atoms with E-state index in [0.717, 1.165) is 37.8 Å². The van der Waals surface area contributed by atoms with Crippen molar-refractivity contribution in [3.8, 4) is 0 Å². The summed E-state index contributed by atoms with van der Waals surface area (Å²) in [4.78, 5) is 14.8. The predicted octanol–water partition coefficient (Wildman–Crippen LogP) is 3.48. The third-order valence-electron chi connectivity index (χ3n) is 3.35. The SMILES string of the molecule is NC(=O)c1ccc(C(F)(F)F)nc1SCC1CCCC1. The van der Waals surface area contributed by atoms with E-state index in [1.54, 1.807) is 0 Å². The van der Waals surface area contributed by atoms with Gasteiger partial charge in [-0.05, 0) is 30.9 Å². The van der Waals surface area contributed by atoms with Gasteiger partial charge >= 0.3 is 6.18 Å². The second kappa shape index (κ2) is 6.03. The molecular formula is C13H15F3N2OS. The molecule has 0 aliphatic heterocycles. The van der Waals surface area contributed by atoms with Crippen molar-refractivity contribution in [2.45, 2.75) is 36.9 Å². The summed E-state index contributed by atoms with van der Waals surface area (Å²) in [6, 6.07) is 1.90. The Labute approximate surface area is 119 Å². The van der Waals surface area contributed by atoms with Crippen LogP contribution in [0, 0.1) is 5.92 Å². The molecule has 20 heavy (non-hydrogen) atoms. The van der Waals surface area contributed by atoms with Crippen molar-refractivity contribution in [1.82, 2.24) is 4.98 Å². The summed E-state index contributed by atoms with van der Waals surface area (Å²) in [5.74, 6) is 0.409. The average Bonchev–Trinajstić information content (AvgIpc) is 2.87. The van der Waals surface area contributed by atoms with Crippen LogP contribution in [-0.2, 0) is 6.18 Å². The molecule has 0 unspecified atom stereocenters. The number of primary amides is 1. The lowest BCUT2D eigenvalue weighted by Gasteiger charge is -2.12. The van der Waals surface area contributed by atoms with E-state index in [9.17, 15) is 18.0 Å². The van der Waals surface area contributed by atoms with Crippen LogP contribution in [0.1, 0.15) is 41.7 Å². The molecule has 1 heterocycles. The third-order valence-corrected chi connectivity index (χ3v) is 4.57. The standard InChI is InChI=1S/C13H15F3N2OS/c14-13(15,16)10-6-5-9(11(17)19)12(18-10)20-7-8-3-1-2-4-8/h5-6,8H,1-4,7H2,(H2,17,19). The smallest absolute Gasteiger partial charge is 0.366 e. The molecule has 1 aliphatic carbocycles. The highest BCUT2D eigenvalue weighted by Crippen LogP contribution is 2.34. The van der Waals surface area contributed by atoms with Gasteiger partial charge in [-0.1, -0.05) is 12.8 Å². The third kappa shape index (κ3) is 3.65. The molecule has 2 rings (SSSR count). The number of nitrogens with zero attached hydrogens (tertiary/aromatic N) is 1. The fourth-order valence-corrected chi connectivity index (χ4v) is 3.48. The number of amides is 1. The number of alkyl halides is 3. The zero-order valence-corrected chi connectivity index (χ0v) is 11.6. The second-order valence-corrected chi connectivity index (χ2v) is 5.88. The van der Waals surface area contributed by atoms with Gasteiger partial charge in [-0.2, -0.15) is 13.2 Å². The van der Waals surface area contributed by atoms with Crippen molar-refractivity contribution in [3.05, 3.63) is 23.4 Å². The first-order valence-corrected chi connectivity index (χ1v) is 7.37. The molecule has 0 atom stereocenters. The first kappa shape index (κ1) is 15.2. The molecule has 1 aromatic heterocycles. The molecule has 7 heteroatoms. The molecule has 0 spiro atoms. The van der Waals surface area contributed by atoms with Gasteiger partial charge in [0.2, 0.25) is 0 Å². The molecule has 0 aromatic carbocycles. The van der Waals surface area contributed by atoms with Gasteiger partial charge in [0.15, 0.2) is 0 Å². The number of aromatic nitrogens is 1. The summed E-state index contributed by atoms with van der Waals surface area (Å²) >= 11 is 1.19. The van der Waals surface area contributed by atoms with Crippen molar-refractivity contribution in [2.24, 2.45) is 11.7 Å². The highest BCUT2D eigenvalue weighted by molar-refractivity contribution is 7.99. The Morgan fingerprint density at radius 3 is 2.55 bits per heavy atom. The topological polar surface area (TPSA) is 56.0 Å². The first-order chi connectivity index (χ1) is 9.38. The first-order valence-electron chi connectivity index (χ1n) is 6.39. The molecule has 0 saturated heterocycles. The average molecular weight is 304 g/mol. The quantitative estimate of drug-likeness (QED) is 0.866. The van der Waals surface area contributed by atoms with Crippen LogP contribution in [-0.4, -0.2) is 16.6 Å². The number of pyridine rings is 1. The maximum absolute atomic E-state index is 12.7. The zero-order valence-electron chi connectivity index (χ0n) is 10.7. The number of carbonyl (C=O) groups is 1. The summed E-state index contributed by atoms with van der Waals surface area (Å²) in [7, 11) is 0. The van der Waals surface area contributed by atoms with Crippen LogP contribution < -0.4 is 5.73 Å². The van der Waals surface area contributed by atoms with Crippen molar-refractivity contribution in [1.29, 1.82) is 0 Å². The van der Waals surface area contributed by atoms with E-state index in [2.05, 4.69) is 4.98 Å². The maximum atomic E-state index is 12.7. The van der Waals surface area contributed by atoms with Gasteiger partial charge < -0.3 is 5.73 Å². The van der Waals surface area contributed by atoms with Gasteiger partial charge in [0, 0.05) is 5.75 Å². The molecule has 0 radical (unpaired) electrons. The van der Waals surface area contributed by atoms with E-state index in [1.807, 2.05) is 0 Å². The summed E-state index contributed by atoms with van der Waals surface area (Å²) in [5, 5.41) is 0.0826. The number of hydrogen-bond donors (Lipinski definition) is 1. The summed E-state index contributed by atoms with van der Waals surface area (Å²) in [5.41, 5.74) is 4.25. The Balaban J connectivity index is 2.20. The van der Waals surface area contributed by atoms with Crippen molar-refractivity contribution >= 4 is 17.7 Å². The molecule has 0 bridgehead atoms.